The molecule has 0 radical (unpaired) electrons. The molecule has 2 aromatic rings. The van der Waals surface area contributed by atoms with Gasteiger partial charge in [0.05, 0.1) is 30.3 Å². The van der Waals surface area contributed by atoms with E-state index in [9.17, 15) is 22.8 Å². The average molecular weight is 460 g/mol. The van der Waals surface area contributed by atoms with Crippen molar-refractivity contribution in [2.45, 2.75) is 57.0 Å². The lowest BCUT2D eigenvalue weighted by atomic mass is 9.99. The zero-order chi connectivity index (χ0) is 23.8. The molecule has 0 aromatic heterocycles. The smallest absolute Gasteiger partial charge is 0.416 e. The van der Waals surface area contributed by atoms with Crippen LogP contribution in [0.15, 0.2) is 48.5 Å². The normalized spacial score (nSPS) is 23.4. The molecule has 2 fully saturated rings. The predicted molar refractivity (Wildman–Crippen MR) is 116 cm³/mol. The van der Waals surface area contributed by atoms with E-state index in [1.807, 2.05) is 6.92 Å². The fourth-order valence-corrected chi connectivity index (χ4v) is 4.65. The van der Waals surface area contributed by atoms with Crippen molar-refractivity contribution in [3.8, 4) is 0 Å². The third-order valence-corrected chi connectivity index (χ3v) is 6.66. The summed E-state index contributed by atoms with van der Waals surface area (Å²) in [7, 11) is 1.32. The first-order valence-electron chi connectivity index (χ1n) is 11.1. The molecule has 8 heteroatoms. The molecule has 1 saturated heterocycles. The summed E-state index contributed by atoms with van der Waals surface area (Å²) < 4.78 is 43.3. The molecule has 1 N–H and O–H groups in total. The van der Waals surface area contributed by atoms with Crippen LogP contribution in [0.5, 0.6) is 0 Å². The topological polar surface area (TPSA) is 58.6 Å². The van der Waals surface area contributed by atoms with Crippen molar-refractivity contribution in [2.75, 3.05) is 7.11 Å². The summed E-state index contributed by atoms with van der Waals surface area (Å²) in [6, 6.07) is 11.8. The van der Waals surface area contributed by atoms with Gasteiger partial charge in [-0.15, -0.1) is 0 Å². The van der Waals surface area contributed by atoms with Crippen LogP contribution < -0.4 is 5.32 Å². The summed E-state index contributed by atoms with van der Waals surface area (Å²) in [5, 5.41) is 3.07. The molecule has 2 aliphatic rings. The van der Waals surface area contributed by atoms with Crippen molar-refractivity contribution in [3.05, 3.63) is 70.8 Å². The maximum absolute atomic E-state index is 13.2. The third kappa shape index (κ3) is 5.21. The first-order chi connectivity index (χ1) is 15.7. The number of ether oxygens (including phenoxy) is 1. The summed E-state index contributed by atoms with van der Waals surface area (Å²) >= 11 is 0. The lowest BCUT2D eigenvalue weighted by Crippen LogP contribution is -2.50. The van der Waals surface area contributed by atoms with Gasteiger partial charge in [0.2, 0.25) is 5.91 Å². The standard InChI is InChI=1S/C25H27F3N2O3/c1-15(17-5-7-18(8-6-17)24(32)33-2)29-23(31)21-12-9-19-13-22(19)30(21)14-16-3-10-20(11-4-16)25(26,27)28/h3-8,10-11,15,19,21-22H,9,12-14H2,1-2H3,(H,29,31)/t15-,19?,21+,22?/m0/s1. The van der Waals surface area contributed by atoms with Crippen LogP contribution in [0.2, 0.25) is 0 Å². The molecule has 4 atom stereocenters. The van der Waals surface area contributed by atoms with Crippen LogP contribution in [0.1, 0.15) is 59.3 Å². The van der Waals surface area contributed by atoms with Crippen molar-refractivity contribution in [1.82, 2.24) is 10.2 Å². The summed E-state index contributed by atoms with van der Waals surface area (Å²) in [5.74, 6) is 0.0573. The number of piperidine rings is 1. The van der Waals surface area contributed by atoms with Crippen LogP contribution in [0.4, 0.5) is 13.2 Å². The van der Waals surface area contributed by atoms with Crippen LogP contribution in [0.3, 0.4) is 0 Å². The number of carbonyl (C=O) groups is 2. The van der Waals surface area contributed by atoms with Crippen LogP contribution in [0.25, 0.3) is 0 Å². The number of hydrogen-bond donors (Lipinski definition) is 1. The molecular weight excluding hydrogens is 433 g/mol. The van der Waals surface area contributed by atoms with E-state index in [2.05, 4.69) is 10.2 Å². The van der Waals surface area contributed by atoms with Crippen molar-refractivity contribution in [3.63, 3.8) is 0 Å². The zero-order valence-corrected chi connectivity index (χ0v) is 18.6. The molecule has 4 rings (SSSR count). The Morgan fingerprint density at radius 1 is 1.09 bits per heavy atom. The largest absolute Gasteiger partial charge is 0.465 e. The van der Waals surface area contributed by atoms with E-state index in [4.69, 9.17) is 4.74 Å². The number of nitrogens with one attached hydrogen (secondary N) is 1. The number of esters is 1. The number of alkyl halides is 3. The minimum absolute atomic E-state index is 0.0863. The number of halogens is 3. The van der Waals surface area contributed by atoms with Crippen LogP contribution in [-0.4, -0.2) is 36.0 Å². The number of hydrogen-bond acceptors (Lipinski definition) is 4. The first-order valence-corrected chi connectivity index (χ1v) is 11.1. The average Bonchev–Trinajstić information content (AvgIpc) is 3.59. The molecule has 5 nitrogen and oxygen atoms in total. The number of benzene rings is 2. The summed E-state index contributed by atoms with van der Waals surface area (Å²) in [4.78, 5) is 26.9. The van der Waals surface area contributed by atoms with Gasteiger partial charge in [-0.2, -0.15) is 13.2 Å². The molecule has 1 amide bonds. The van der Waals surface area contributed by atoms with Gasteiger partial charge in [0.15, 0.2) is 0 Å². The van der Waals surface area contributed by atoms with E-state index >= 15 is 0 Å². The Bertz CT molecular complexity index is 1010. The van der Waals surface area contributed by atoms with Crippen molar-refractivity contribution < 1.29 is 27.5 Å². The fourth-order valence-electron chi connectivity index (χ4n) is 4.65. The highest BCUT2D eigenvalue weighted by atomic mass is 19.4. The number of methoxy groups -OCH3 is 1. The number of rotatable bonds is 6. The molecule has 176 valence electrons. The second-order valence-electron chi connectivity index (χ2n) is 8.87. The van der Waals surface area contributed by atoms with Gasteiger partial charge >= 0.3 is 12.1 Å². The maximum Gasteiger partial charge on any atom is 0.416 e. The molecule has 1 saturated carbocycles. The molecule has 1 aliphatic carbocycles. The monoisotopic (exact) mass is 460 g/mol. The lowest BCUT2D eigenvalue weighted by molar-refractivity contribution is -0.137. The van der Waals surface area contributed by atoms with Crippen LogP contribution >= 0.6 is 0 Å². The Kier molecular flexibility index (Phi) is 6.47. The van der Waals surface area contributed by atoms with Gasteiger partial charge in [0, 0.05) is 12.6 Å². The fraction of sp³-hybridized carbons (Fsp3) is 0.440. The minimum Gasteiger partial charge on any atom is -0.465 e. The van der Waals surface area contributed by atoms with E-state index in [0.29, 0.717) is 24.1 Å². The maximum atomic E-state index is 13.2. The Hall–Kier alpha value is -2.87. The van der Waals surface area contributed by atoms with Gasteiger partial charge in [0.25, 0.3) is 0 Å². The Morgan fingerprint density at radius 2 is 1.76 bits per heavy atom. The predicted octanol–water partition coefficient (Wildman–Crippen LogP) is 4.72. The number of fused-ring (bicyclic) bond motifs is 1. The Morgan fingerprint density at radius 3 is 2.36 bits per heavy atom. The summed E-state index contributed by atoms with van der Waals surface area (Å²) in [6.45, 7) is 2.33. The van der Waals surface area contributed by atoms with Gasteiger partial charge in [0.1, 0.15) is 0 Å². The van der Waals surface area contributed by atoms with Gasteiger partial charge in [-0.1, -0.05) is 24.3 Å². The summed E-state index contributed by atoms with van der Waals surface area (Å²) in [6.07, 6.45) is -1.63. The van der Waals surface area contributed by atoms with E-state index in [0.717, 1.165) is 42.5 Å². The van der Waals surface area contributed by atoms with Gasteiger partial charge < -0.3 is 10.1 Å². The number of likely N-dealkylation sites (tertiary alicyclic amines) is 1. The second kappa shape index (κ2) is 9.17. The van der Waals surface area contributed by atoms with Gasteiger partial charge in [-0.05, 0) is 67.5 Å². The molecule has 1 heterocycles. The third-order valence-electron chi connectivity index (χ3n) is 6.66. The number of amides is 1. The SMILES string of the molecule is COC(=O)c1ccc([C@H](C)NC(=O)[C@H]2CCC3CC3N2Cc2ccc(C(F)(F)F)cc2)cc1. The second-order valence-corrected chi connectivity index (χ2v) is 8.87. The first kappa shape index (κ1) is 23.3. The van der Waals surface area contributed by atoms with E-state index in [1.54, 1.807) is 24.3 Å². The van der Waals surface area contributed by atoms with Crippen molar-refractivity contribution >= 4 is 11.9 Å². The molecular formula is C25H27F3N2O3. The quantitative estimate of drug-likeness (QED) is 0.634. The number of carbonyl (C=O) groups excluding carboxylic acids is 2. The van der Waals surface area contributed by atoms with Crippen LogP contribution in [0, 0.1) is 5.92 Å². The molecule has 2 aromatic carbocycles. The lowest BCUT2D eigenvalue weighted by Gasteiger charge is -2.35. The molecule has 0 bridgehead atoms. The highest BCUT2D eigenvalue weighted by Crippen LogP contribution is 2.46. The minimum atomic E-state index is -4.36. The molecule has 0 spiro atoms. The van der Waals surface area contributed by atoms with Crippen LogP contribution in [-0.2, 0) is 22.3 Å². The van der Waals surface area contributed by atoms with Gasteiger partial charge in [-0.3, -0.25) is 9.69 Å². The van der Waals surface area contributed by atoms with E-state index < -0.39 is 17.7 Å². The highest BCUT2D eigenvalue weighted by Gasteiger charge is 2.49. The molecule has 33 heavy (non-hydrogen) atoms. The highest BCUT2D eigenvalue weighted by molar-refractivity contribution is 5.89. The summed E-state index contributed by atoms with van der Waals surface area (Å²) in [5.41, 5.74) is 1.40. The van der Waals surface area contributed by atoms with Crippen molar-refractivity contribution in [1.29, 1.82) is 0 Å². The van der Waals surface area contributed by atoms with Gasteiger partial charge in [-0.25, -0.2) is 4.79 Å². The Balaban J connectivity index is 1.43. The van der Waals surface area contributed by atoms with Crippen molar-refractivity contribution in [2.24, 2.45) is 5.92 Å². The molecule has 2 unspecified atom stereocenters. The number of nitrogens with zero attached hydrogens (tertiary/aromatic N) is 1. The van der Waals surface area contributed by atoms with E-state index in [1.165, 1.54) is 19.2 Å². The molecule has 1 aliphatic heterocycles. The Labute approximate surface area is 190 Å². The van der Waals surface area contributed by atoms with E-state index in [-0.39, 0.29) is 18.0 Å². The zero-order valence-electron chi connectivity index (χ0n) is 18.6.